The standard InChI is InChI=1S/C17H14BrN3O2S/c1-10(15(22)19-12-6-4-5-11(18)9-12)24-17-20-14-8-3-2-7-13(14)16(23)21-17/h2-10H,1H3,(H,19,22)(H,20,21,23). The van der Waals surface area contributed by atoms with Crippen LogP contribution in [-0.2, 0) is 4.79 Å². The number of benzene rings is 2. The maximum absolute atomic E-state index is 12.3. The number of aromatic amines is 1. The zero-order valence-electron chi connectivity index (χ0n) is 12.7. The number of para-hydroxylation sites is 1. The Balaban J connectivity index is 1.75. The molecule has 1 aromatic heterocycles. The predicted octanol–water partition coefficient (Wildman–Crippen LogP) is 3.80. The maximum Gasteiger partial charge on any atom is 0.259 e. The van der Waals surface area contributed by atoms with Gasteiger partial charge in [-0.05, 0) is 37.3 Å². The highest BCUT2D eigenvalue weighted by Crippen LogP contribution is 2.22. The highest BCUT2D eigenvalue weighted by atomic mass is 79.9. The molecule has 0 saturated carbocycles. The molecule has 1 atom stereocenters. The molecule has 0 aliphatic carbocycles. The van der Waals surface area contributed by atoms with Crippen LogP contribution in [0.1, 0.15) is 6.92 Å². The third-order valence-electron chi connectivity index (χ3n) is 3.34. The Labute approximate surface area is 151 Å². The van der Waals surface area contributed by atoms with Gasteiger partial charge in [0.05, 0.1) is 16.2 Å². The van der Waals surface area contributed by atoms with E-state index in [9.17, 15) is 9.59 Å². The summed E-state index contributed by atoms with van der Waals surface area (Å²) in [6.07, 6.45) is 0. The summed E-state index contributed by atoms with van der Waals surface area (Å²) in [5.41, 5.74) is 1.12. The van der Waals surface area contributed by atoms with Crippen LogP contribution in [-0.4, -0.2) is 21.1 Å². The van der Waals surface area contributed by atoms with E-state index in [1.807, 2.05) is 30.3 Å². The van der Waals surface area contributed by atoms with Gasteiger partial charge >= 0.3 is 0 Å². The molecule has 3 rings (SSSR count). The molecule has 122 valence electrons. The van der Waals surface area contributed by atoms with Crippen molar-refractivity contribution in [1.29, 1.82) is 0 Å². The minimum absolute atomic E-state index is 0.158. The normalized spacial score (nSPS) is 12.1. The summed E-state index contributed by atoms with van der Waals surface area (Å²) in [6, 6.07) is 14.5. The summed E-state index contributed by atoms with van der Waals surface area (Å²) < 4.78 is 0.890. The van der Waals surface area contributed by atoms with Crippen LogP contribution in [0.2, 0.25) is 0 Å². The molecule has 7 heteroatoms. The molecule has 0 aliphatic rings. The van der Waals surface area contributed by atoms with E-state index in [0.717, 1.165) is 4.47 Å². The summed E-state index contributed by atoms with van der Waals surface area (Å²) in [7, 11) is 0. The highest BCUT2D eigenvalue weighted by molar-refractivity contribution is 9.10. The molecular weight excluding hydrogens is 390 g/mol. The third kappa shape index (κ3) is 3.85. The van der Waals surface area contributed by atoms with E-state index in [-0.39, 0.29) is 11.5 Å². The van der Waals surface area contributed by atoms with E-state index in [1.165, 1.54) is 11.8 Å². The van der Waals surface area contributed by atoms with Crippen molar-refractivity contribution in [2.75, 3.05) is 5.32 Å². The molecule has 0 fully saturated rings. The van der Waals surface area contributed by atoms with E-state index in [2.05, 4.69) is 31.2 Å². The molecule has 1 heterocycles. The van der Waals surface area contributed by atoms with Crippen molar-refractivity contribution in [3.63, 3.8) is 0 Å². The molecule has 2 aromatic carbocycles. The lowest BCUT2D eigenvalue weighted by molar-refractivity contribution is -0.115. The second-order valence-corrected chi connectivity index (χ2v) is 7.39. The molecule has 0 bridgehead atoms. The monoisotopic (exact) mass is 403 g/mol. The van der Waals surface area contributed by atoms with Crippen LogP contribution >= 0.6 is 27.7 Å². The van der Waals surface area contributed by atoms with Gasteiger partial charge in [-0.1, -0.05) is 45.9 Å². The van der Waals surface area contributed by atoms with Gasteiger partial charge in [0, 0.05) is 10.2 Å². The Morgan fingerprint density at radius 1 is 1.25 bits per heavy atom. The number of aromatic nitrogens is 2. The first-order valence-corrected chi connectivity index (χ1v) is 8.92. The molecule has 2 N–H and O–H groups in total. The number of amides is 1. The maximum atomic E-state index is 12.3. The number of carbonyl (C=O) groups excluding carboxylic acids is 1. The minimum Gasteiger partial charge on any atom is -0.325 e. The minimum atomic E-state index is -0.409. The van der Waals surface area contributed by atoms with Crippen LogP contribution in [0, 0.1) is 0 Å². The smallest absolute Gasteiger partial charge is 0.259 e. The number of thioether (sulfide) groups is 1. The summed E-state index contributed by atoms with van der Waals surface area (Å²) >= 11 is 4.58. The van der Waals surface area contributed by atoms with Gasteiger partial charge in [0.1, 0.15) is 0 Å². The van der Waals surface area contributed by atoms with Crippen LogP contribution in [0.15, 0.2) is 63.0 Å². The Morgan fingerprint density at radius 3 is 2.83 bits per heavy atom. The lowest BCUT2D eigenvalue weighted by Crippen LogP contribution is -2.23. The number of H-pyrrole nitrogens is 1. The van der Waals surface area contributed by atoms with Crippen LogP contribution < -0.4 is 10.9 Å². The topological polar surface area (TPSA) is 74.8 Å². The van der Waals surface area contributed by atoms with E-state index in [4.69, 9.17) is 0 Å². The van der Waals surface area contributed by atoms with Crippen LogP contribution in [0.4, 0.5) is 5.69 Å². The summed E-state index contributed by atoms with van der Waals surface area (Å²) in [6.45, 7) is 1.77. The van der Waals surface area contributed by atoms with Gasteiger partial charge in [-0.25, -0.2) is 4.98 Å². The van der Waals surface area contributed by atoms with Crippen molar-refractivity contribution in [2.24, 2.45) is 0 Å². The molecule has 0 aliphatic heterocycles. The van der Waals surface area contributed by atoms with Crippen molar-refractivity contribution in [1.82, 2.24) is 9.97 Å². The first-order valence-electron chi connectivity index (χ1n) is 7.25. The fraction of sp³-hybridized carbons (Fsp3) is 0.118. The molecule has 5 nitrogen and oxygen atoms in total. The van der Waals surface area contributed by atoms with Gasteiger partial charge in [0.25, 0.3) is 5.56 Å². The van der Waals surface area contributed by atoms with E-state index in [1.54, 1.807) is 25.1 Å². The number of hydrogen-bond donors (Lipinski definition) is 2. The molecule has 1 unspecified atom stereocenters. The molecule has 0 spiro atoms. The van der Waals surface area contributed by atoms with Gasteiger partial charge in [0.2, 0.25) is 5.91 Å². The van der Waals surface area contributed by atoms with Crippen molar-refractivity contribution in [2.45, 2.75) is 17.3 Å². The van der Waals surface area contributed by atoms with Crippen LogP contribution in [0.5, 0.6) is 0 Å². The van der Waals surface area contributed by atoms with Crippen LogP contribution in [0.25, 0.3) is 10.9 Å². The third-order valence-corrected chi connectivity index (χ3v) is 4.82. The molecule has 0 saturated heterocycles. The number of halogens is 1. The fourth-order valence-corrected chi connectivity index (χ4v) is 3.35. The number of rotatable bonds is 4. The number of nitrogens with zero attached hydrogens (tertiary/aromatic N) is 1. The quantitative estimate of drug-likeness (QED) is 0.512. The van der Waals surface area contributed by atoms with Crippen molar-refractivity contribution in [3.05, 3.63) is 63.4 Å². The molecule has 1 amide bonds. The molecular formula is C17H14BrN3O2S. The molecule has 24 heavy (non-hydrogen) atoms. The van der Waals surface area contributed by atoms with Crippen molar-refractivity contribution < 1.29 is 4.79 Å². The molecule has 0 radical (unpaired) electrons. The number of carbonyl (C=O) groups is 1. The highest BCUT2D eigenvalue weighted by Gasteiger charge is 2.16. The Morgan fingerprint density at radius 2 is 2.04 bits per heavy atom. The summed E-state index contributed by atoms with van der Waals surface area (Å²) in [4.78, 5) is 31.5. The zero-order chi connectivity index (χ0) is 17.1. The van der Waals surface area contributed by atoms with E-state index >= 15 is 0 Å². The van der Waals surface area contributed by atoms with Gasteiger partial charge in [-0.3, -0.25) is 9.59 Å². The van der Waals surface area contributed by atoms with Gasteiger partial charge in [-0.15, -0.1) is 0 Å². The lowest BCUT2D eigenvalue weighted by atomic mass is 10.2. The largest absolute Gasteiger partial charge is 0.325 e. The average Bonchev–Trinajstić information content (AvgIpc) is 2.55. The van der Waals surface area contributed by atoms with Crippen molar-refractivity contribution in [3.8, 4) is 0 Å². The first kappa shape index (κ1) is 16.7. The fourth-order valence-electron chi connectivity index (χ4n) is 2.15. The summed E-state index contributed by atoms with van der Waals surface area (Å²) in [5.74, 6) is -0.158. The lowest BCUT2D eigenvalue weighted by Gasteiger charge is -2.12. The number of anilines is 1. The Bertz CT molecular complexity index is 958. The average molecular weight is 404 g/mol. The van der Waals surface area contributed by atoms with E-state index < -0.39 is 5.25 Å². The van der Waals surface area contributed by atoms with Crippen molar-refractivity contribution >= 4 is 50.2 Å². The first-order chi connectivity index (χ1) is 11.5. The molecule has 3 aromatic rings. The SMILES string of the molecule is CC(Sc1nc2ccccc2c(=O)[nH]1)C(=O)Nc1cccc(Br)c1. The number of hydrogen-bond acceptors (Lipinski definition) is 4. The summed E-state index contributed by atoms with van der Waals surface area (Å²) in [5, 5.41) is 3.40. The van der Waals surface area contributed by atoms with Gasteiger partial charge in [-0.2, -0.15) is 0 Å². The Hall–Kier alpha value is -2.12. The van der Waals surface area contributed by atoms with Gasteiger partial charge in [0.15, 0.2) is 5.16 Å². The predicted molar refractivity (Wildman–Crippen MR) is 100 cm³/mol. The van der Waals surface area contributed by atoms with E-state index in [0.29, 0.717) is 21.7 Å². The number of fused-ring (bicyclic) bond motifs is 1. The van der Waals surface area contributed by atoms with Crippen LogP contribution in [0.3, 0.4) is 0 Å². The second kappa shape index (κ2) is 7.19. The number of nitrogens with one attached hydrogen (secondary N) is 2. The zero-order valence-corrected chi connectivity index (χ0v) is 15.1. The van der Waals surface area contributed by atoms with Gasteiger partial charge < -0.3 is 10.3 Å². The second-order valence-electron chi connectivity index (χ2n) is 5.15. The Kier molecular flexibility index (Phi) is 5.01.